The number of phenols is 1. The number of nitro benzene ring substituents is 1. The van der Waals surface area contributed by atoms with Crippen LogP contribution < -0.4 is 10.3 Å². The predicted molar refractivity (Wildman–Crippen MR) is 72.7 cm³/mol. The molecule has 3 N–H and O–H groups in total. The molecule has 0 spiro atoms. The molecule has 0 bridgehead atoms. The molecule has 0 aromatic heterocycles. The van der Waals surface area contributed by atoms with Crippen molar-refractivity contribution >= 4 is 21.6 Å². The van der Waals surface area contributed by atoms with Crippen LogP contribution in [0, 0.1) is 16.0 Å². The molecule has 0 unspecified atom stereocenters. The Kier molecular flexibility index (Phi) is 5.22. The summed E-state index contributed by atoms with van der Waals surface area (Å²) in [6.45, 7) is 3.58. The largest absolute Gasteiger partial charge is 0.502 e. The molecule has 0 radical (unpaired) electrons. The van der Waals surface area contributed by atoms with Gasteiger partial charge in [0, 0.05) is 12.5 Å². The zero-order valence-corrected chi connectivity index (χ0v) is 12.2. The van der Waals surface area contributed by atoms with E-state index in [1.165, 1.54) is 0 Å². The molecule has 10 heteroatoms. The first kappa shape index (κ1) is 16.9. The third-order valence-electron chi connectivity index (χ3n) is 2.37. The van der Waals surface area contributed by atoms with Gasteiger partial charge in [-0.2, -0.15) is 0 Å². The molecular weight excluding hydrogens is 302 g/mol. The van der Waals surface area contributed by atoms with Crippen LogP contribution in [0.3, 0.4) is 0 Å². The smallest absolute Gasteiger partial charge is 0.312 e. The molecular formula is C11H15N3O6S. The lowest BCUT2D eigenvalue weighted by molar-refractivity contribution is -0.386. The van der Waals surface area contributed by atoms with Crippen molar-refractivity contribution in [2.75, 3.05) is 0 Å². The minimum absolute atomic E-state index is 0.0456. The summed E-state index contributed by atoms with van der Waals surface area (Å²) in [6.07, 6.45) is 0.123. The van der Waals surface area contributed by atoms with E-state index in [0.29, 0.717) is 6.07 Å². The number of carbonyl (C=O) groups is 1. The van der Waals surface area contributed by atoms with Crippen molar-refractivity contribution in [2.24, 2.45) is 5.92 Å². The summed E-state index contributed by atoms with van der Waals surface area (Å²) in [5.41, 5.74) is 1.26. The Hall–Kier alpha value is -2.20. The third-order valence-corrected chi connectivity index (χ3v) is 3.62. The van der Waals surface area contributed by atoms with Crippen LogP contribution in [0.1, 0.15) is 20.3 Å². The first-order valence-corrected chi connectivity index (χ1v) is 7.40. The molecule has 0 heterocycles. The van der Waals surface area contributed by atoms with Gasteiger partial charge < -0.3 is 5.11 Å². The number of amides is 1. The van der Waals surface area contributed by atoms with E-state index in [1.807, 2.05) is 10.3 Å². The van der Waals surface area contributed by atoms with E-state index in [2.05, 4.69) is 0 Å². The molecule has 0 fully saturated rings. The Morgan fingerprint density at radius 3 is 2.57 bits per heavy atom. The van der Waals surface area contributed by atoms with Crippen LogP contribution in [0.5, 0.6) is 5.75 Å². The molecule has 1 aromatic carbocycles. The Bertz CT molecular complexity index is 656. The molecule has 0 saturated heterocycles. The van der Waals surface area contributed by atoms with Gasteiger partial charge in [-0.25, -0.2) is 8.42 Å². The van der Waals surface area contributed by atoms with Gasteiger partial charge in [-0.05, 0) is 18.1 Å². The second-order valence-electron chi connectivity index (χ2n) is 4.66. The number of nitrogens with zero attached hydrogens (tertiary/aromatic N) is 1. The van der Waals surface area contributed by atoms with Crippen molar-refractivity contribution in [3.05, 3.63) is 28.3 Å². The number of hydrogen-bond acceptors (Lipinski definition) is 6. The molecule has 0 aliphatic heterocycles. The predicted octanol–water partition coefficient (Wildman–Crippen LogP) is 0.656. The maximum Gasteiger partial charge on any atom is 0.312 e. The normalized spacial score (nSPS) is 11.4. The number of nitro groups is 1. The number of hydrogen-bond donors (Lipinski definition) is 3. The highest BCUT2D eigenvalue weighted by molar-refractivity contribution is 7.89. The minimum atomic E-state index is -4.16. The zero-order chi connectivity index (χ0) is 16.2. The highest BCUT2D eigenvalue weighted by Gasteiger charge is 2.21. The topological polar surface area (TPSA) is 139 Å². The molecule has 21 heavy (non-hydrogen) atoms. The van der Waals surface area contributed by atoms with Gasteiger partial charge in [0.1, 0.15) is 0 Å². The number of carbonyl (C=O) groups excluding carboxylic acids is 1. The molecule has 116 valence electrons. The van der Waals surface area contributed by atoms with Crippen molar-refractivity contribution in [1.29, 1.82) is 0 Å². The van der Waals surface area contributed by atoms with Gasteiger partial charge in [0.05, 0.1) is 9.82 Å². The molecule has 1 rings (SSSR count). The van der Waals surface area contributed by atoms with Crippen molar-refractivity contribution in [3.8, 4) is 5.75 Å². The number of benzene rings is 1. The summed E-state index contributed by atoms with van der Waals surface area (Å²) in [5.74, 6) is -1.13. The van der Waals surface area contributed by atoms with E-state index >= 15 is 0 Å². The highest BCUT2D eigenvalue weighted by atomic mass is 32.2. The molecule has 1 amide bonds. The van der Waals surface area contributed by atoms with E-state index in [4.69, 9.17) is 0 Å². The van der Waals surface area contributed by atoms with Gasteiger partial charge in [0.15, 0.2) is 5.75 Å². The van der Waals surface area contributed by atoms with Crippen molar-refractivity contribution in [1.82, 2.24) is 10.3 Å². The van der Waals surface area contributed by atoms with Crippen molar-refractivity contribution < 1.29 is 23.2 Å². The fourth-order valence-electron chi connectivity index (χ4n) is 1.42. The van der Waals surface area contributed by atoms with Gasteiger partial charge in [-0.15, -0.1) is 4.83 Å². The highest BCUT2D eigenvalue weighted by Crippen LogP contribution is 2.27. The van der Waals surface area contributed by atoms with Crippen LogP contribution in [0.25, 0.3) is 0 Å². The van der Waals surface area contributed by atoms with Crippen LogP contribution in [0.15, 0.2) is 23.1 Å². The van der Waals surface area contributed by atoms with Crippen LogP contribution in [0.4, 0.5) is 5.69 Å². The Morgan fingerprint density at radius 1 is 1.43 bits per heavy atom. The molecule has 0 saturated carbocycles. The first-order valence-electron chi connectivity index (χ1n) is 5.91. The van der Waals surface area contributed by atoms with Gasteiger partial charge in [0.25, 0.3) is 10.0 Å². The summed E-state index contributed by atoms with van der Waals surface area (Å²) in [5, 5.41) is 19.9. The van der Waals surface area contributed by atoms with Crippen molar-refractivity contribution in [2.45, 2.75) is 25.2 Å². The number of nitrogens with one attached hydrogen (secondary N) is 2. The fourth-order valence-corrected chi connectivity index (χ4v) is 2.30. The van der Waals surface area contributed by atoms with Gasteiger partial charge in [-0.1, -0.05) is 13.8 Å². The number of sulfonamides is 1. The van der Waals surface area contributed by atoms with E-state index in [9.17, 15) is 28.4 Å². The quantitative estimate of drug-likeness (QED) is 0.520. The van der Waals surface area contributed by atoms with Crippen LogP contribution in [-0.4, -0.2) is 24.4 Å². The SMILES string of the molecule is CC(C)CC(=O)NNS(=O)(=O)c1ccc(O)c([N+](=O)[O-])c1. The number of aromatic hydroxyl groups is 1. The summed E-state index contributed by atoms with van der Waals surface area (Å²) in [7, 11) is -4.16. The standard InChI is InChI=1S/C11H15N3O6S/c1-7(2)5-11(16)12-13-21(19,20)8-3-4-10(15)9(6-8)14(17)18/h3-4,6-7,13,15H,5H2,1-2H3,(H,12,16). The molecule has 0 atom stereocenters. The average Bonchev–Trinajstić information content (AvgIpc) is 2.35. The van der Waals surface area contributed by atoms with E-state index in [-0.39, 0.29) is 12.3 Å². The van der Waals surface area contributed by atoms with E-state index in [1.54, 1.807) is 13.8 Å². The summed E-state index contributed by atoms with van der Waals surface area (Å²) in [6, 6.07) is 2.58. The molecule has 0 aliphatic rings. The Morgan fingerprint density at radius 2 is 2.05 bits per heavy atom. The van der Waals surface area contributed by atoms with Crippen LogP contribution >= 0.6 is 0 Å². The molecule has 1 aromatic rings. The summed E-state index contributed by atoms with van der Waals surface area (Å²) >= 11 is 0. The number of phenolic OH excluding ortho intramolecular Hbond substituents is 1. The minimum Gasteiger partial charge on any atom is -0.502 e. The van der Waals surface area contributed by atoms with E-state index < -0.39 is 37.2 Å². The van der Waals surface area contributed by atoms with Crippen LogP contribution in [0.2, 0.25) is 0 Å². The summed E-state index contributed by atoms with van der Waals surface area (Å²) < 4.78 is 23.8. The average molecular weight is 317 g/mol. The Labute approximate surface area is 121 Å². The van der Waals surface area contributed by atoms with Crippen LogP contribution in [-0.2, 0) is 14.8 Å². The molecule has 0 aliphatic carbocycles. The Balaban J connectivity index is 2.91. The maximum atomic E-state index is 11.9. The second kappa shape index (κ2) is 6.50. The third kappa shape index (κ3) is 4.68. The van der Waals surface area contributed by atoms with E-state index in [0.717, 1.165) is 12.1 Å². The zero-order valence-electron chi connectivity index (χ0n) is 11.4. The monoisotopic (exact) mass is 317 g/mol. The van der Waals surface area contributed by atoms with Gasteiger partial charge >= 0.3 is 5.69 Å². The van der Waals surface area contributed by atoms with Gasteiger partial charge in [-0.3, -0.25) is 20.3 Å². The lowest BCUT2D eigenvalue weighted by Crippen LogP contribution is -2.41. The maximum absolute atomic E-state index is 11.9. The second-order valence-corrected chi connectivity index (χ2v) is 6.34. The number of hydrazine groups is 1. The van der Waals surface area contributed by atoms with Gasteiger partial charge in [0.2, 0.25) is 5.91 Å². The lowest BCUT2D eigenvalue weighted by Gasteiger charge is -2.09. The lowest BCUT2D eigenvalue weighted by atomic mass is 10.1. The van der Waals surface area contributed by atoms with Crippen molar-refractivity contribution in [3.63, 3.8) is 0 Å². The summed E-state index contributed by atoms with van der Waals surface area (Å²) in [4.78, 5) is 22.5. The fraction of sp³-hybridized carbons (Fsp3) is 0.364. The first-order chi connectivity index (χ1) is 9.63. The number of rotatable bonds is 6. The molecule has 9 nitrogen and oxygen atoms in total.